The van der Waals surface area contributed by atoms with Gasteiger partial charge in [-0.25, -0.2) is 13.8 Å². The Labute approximate surface area is 84.5 Å². The number of nitrogens with zero attached hydrogens (tertiary/aromatic N) is 1. The van der Waals surface area contributed by atoms with E-state index in [1.54, 1.807) is 0 Å². The van der Waals surface area contributed by atoms with Crippen molar-refractivity contribution in [2.75, 3.05) is 5.73 Å². The van der Waals surface area contributed by atoms with Crippen molar-refractivity contribution in [3.8, 4) is 0 Å². The molecular formula is C7H3BrF2N2S. The molecule has 68 valence electrons. The summed E-state index contributed by atoms with van der Waals surface area (Å²) in [6, 6.07) is 1.20. The van der Waals surface area contributed by atoms with Crippen molar-refractivity contribution in [3.63, 3.8) is 0 Å². The molecule has 0 spiro atoms. The summed E-state index contributed by atoms with van der Waals surface area (Å²) in [6.45, 7) is 0. The highest BCUT2D eigenvalue weighted by Crippen LogP contribution is 2.31. The van der Waals surface area contributed by atoms with E-state index in [2.05, 4.69) is 20.9 Å². The van der Waals surface area contributed by atoms with Crippen molar-refractivity contribution in [1.82, 2.24) is 4.98 Å². The third kappa shape index (κ3) is 1.30. The second-order valence-electron chi connectivity index (χ2n) is 2.39. The summed E-state index contributed by atoms with van der Waals surface area (Å²) in [7, 11) is 0. The van der Waals surface area contributed by atoms with E-state index < -0.39 is 11.6 Å². The normalized spacial score (nSPS) is 11.0. The predicted octanol–water partition coefficient (Wildman–Crippen LogP) is 2.92. The Morgan fingerprint density at radius 3 is 2.85 bits per heavy atom. The molecule has 0 aliphatic heterocycles. The number of nitrogens with two attached hydrogens (primary N) is 1. The number of hydrogen-bond donors (Lipinski definition) is 1. The van der Waals surface area contributed by atoms with E-state index in [0.717, 1.165) is 11.3 Å². The van der Waals surface area contributed by atoms with E-state index in [9.17, 15) is 8.78 Å². The first-order chi connectivity index (χ1) is 6.09. The van der Waals surface area contributed by atoms with Gasteiger partial charge in [0.2, 0.25) is 0 Å². The van der Waals surface area contributed by atoms with Crippen LogP contribution in [-0.4, -0.2) is 4.98 Å². The average Bonchev–Trinajstić information content (AvgIpc) is 2.42. The number of hydrogen-bond acceptors (Lipinski definition) is 3. The maximum atomic E-state index is 13.3. The van der Waals surface area contributed by atoms with Gasteiger partial charge in [0.25, 0.3) is 0 Å². The van der Waals surface area contributed by atoms with Crippen LogP contribution in [0.15, 0.2) is 10.5 Å². The van der Waals surface area contributed by atoms with Crippen LogP contribution in [0.4, 0.5) is 13.9 Å². The van der Waals surface area contributed by atoms with E-state index in [-0.39, 0.29) is 15.1 Å². The van der Waals surface area contributed by atoms with Crippen molar-refractivity contribution < 1.29 is 8.78 Å². The van der Waals surface area contributed by atoms with E-state index in [1.165, 1.54) is 6.07 Å². The van der Waals surface area contributed by atoms with Crippen LogP contribution in [0, 0.1) is 11.6 Å². The molecular weight excluding hydrogens is 262 g/mol. The van der Waals surface area contributed by atoms with Gasteiger partial charge in [-0.3, -0.25) is 0 Å². The van der Waals surface area contributed by atoms with Gasteiger partial charge < -0.3 is 5.73 Å². The fourth-order valence-electron chi connectivity index (χ4n) is 0.991. The summed E-state index contributed by atoms with van der Waals surface area (Å²) < 4.78 is 26.5. The molecule has 0 saturated heterocycles. The fraction of sp³-hybridized carbons (Fsp3) is 0. The topological polar surface area (TPSA) is 38.9 Å². The maximum absolute atomic E-state index is 13.3. The molecule has 1 aromatic heterocycles. The first kappa shape index (κ1) is 8.83. The standard InChI is InChI=1S/C7H3BrF2N2S/c8-4-2(9)1-3-6(5(4)10)12-7(11)13-3/h1H,(H2,11,12). The zero-order chi connectivity index (χ0) is 9.59. The molecule has 0 aliphatic carbocycles. The smallest absolute Gasteiger partial charge is 0.181 e. The molecule has 0 aliphatic rings. The predicted molar refractivity (Wildman–Crippen MR) is 51.6 cm³/mol. The number of anilines is 1. The molecule has 1 heterocycles. The highest BCUT2D eigenvalue weighted by molar-refractivity contribution is 9.10. The Balaban J connectivity index is 2.92. The zero-order valence-electron chi connectivity index (χ0n) is 6.14. The molecule has 0 radical (unpaired) electrons. The minimum Gasteiger partial charge on any atom is -0.375 e. The summed E-state index contributed by atoms with van der Waals surface area (Å²) in [5.74, 6) is -1.35. The van der Waals surface area contributed by atoms with E-state index in [4.69, 9.17) is 5.73 Å². The summed E-state index contributed by atoms with van der Waals surface area (Å²) in [6.07, 6.45) is 0. The molecule has 0 bridgehead atoms. The van der Waals surface area contributed by atoms with Crippen molar-refractivity contribution in [3.05, 3.63) is 22.2 Å². The number of aromatic nitrogens is 1. The molecule has 2 aromatic rings. The summed E-state index contributed by atoms with van der Waals surface area (Å²) in [5, 5.41) is 0.228. The summed E-state index contributed by atoms with van der Waals surface area (Å²) >= 11 is 3.84. The molecule has 13 heavy (non-hydrogen) atoms. The van der Waals surface area contributed by atoms with Crippen LogP contribution >= 0.6 is 27.3 Å². The SMILES string of the molecule is Nc1nc2c(F)c(Br)c(F)cc2s1. The molecule has 0 fully saturated rings. The fourth-order valence-corrected chi connectivity index (χ4v) is 2.05. The highest BCUT2D eigenvalue weighted by Gasteiger charge is 2.14. The van der Waals surface area contributed by atoms with Gasteiger partial charge in [-0.15, -0.1) is 0 Å². The first-order valence-corrected chi connectivity index (χ1v) is 4.90. The van der Waals surface area contributed by atoms with Crippen LogP contribution in [0.3, 0.4) is 0 Å². The molecule has 2 rings (SSSR count). The zero-order valence-corrected chi connectivity index (χ0v) is 8.55. The minimum absolute atomic E-state index is 0.107. The van der Waals surface area contributed by atoms with Crippen LogP contribution in [-0.2, 0) is 0 Å². The molecule has 2 N–H and O–H groups in total. The molecule has 0 unspecified atom stereocenters. The Kier molecular flexibility index (Phi) is 1.96. The Hall–Kier alpha value is -0.750. The van der Waals surface area contributed by atoms with Crippen molar-refractivity contribution in [2.24, 2.45) is 0 Å². The van der Waals surface area contributed by atoms with Crippen LogP contribution in [0.25, 0.3) is 10.2 Å². The number of fused-ring (bicyclic) bond motifs is 1. The molecule has 0 amide bonds. The van der Waals surface area contributed by atoms with Crippen LogP contribution in [0.1, 0.15) is 0 Å². The first-order valence-electron chi connectivity index (χ1n) is 3.29. The molecule has 6 heteroatoms. The summed E-state index contributed by atoms with van der Waals surface area (Å²) in [4.78, 5) is 3.74. The number of rotatable bonds is 0. The van der Waals surface area contributed by atoms with Gasteiger partial charge >= 0.3 is 0 Å². The van der Waals surface area contributed by atoms with E-state index in [1.807, 2.05) is 0 Å². The van der Waals surface area contributed by atoms with Gasteiger partial charge in [-0.2, -0.15) is 0 Å². The van der Waals surface area contributed by atoms with Crippen molar-refractivity contribution >= 4 is 42.6 Å². The lowest BCUT2D eigenvalue weighted by atomic mass is 10.3. The van der Waals surface area contributed by atoms with E-state index in [0.29, 0.717) is 4.70 Å². The summed E-state index contributed by atoms with van der Waals surface area (Å²) in [5.41, 5.74) is 5.47. The number of nitrogen functional groups attached to an aromatic ring is 1. The molecule has 0 atom stereocenters. The second kappa shape index (κ2) is 2.88. The number of halogens is 3. The van der Waals surface area contributed by atoms with Crippen molar-refractivity contribution in [1.29, 1.82) is 0 Å². The maximum Gasteiger partial charge on any atom is 0.181 e. The largest absolute Gasteiger partial charge is 0.375 e. The van der Waals surface area contributed by atoms with Crippen LogP contribution in [0.5, 0.6) is 0 Å². The van der Waals surface area contributed by atoms with E-state index >= 15 is 0 Å². The third-order valence-corrected chi connectivity index (χ3v) is 3.10. The van der Waals surface area contributed by atoms with Gasteiger partial charge in [0.15, 0.2) is 10.9 Å². The molecule has 0 saturated carbocycles. The molecule has 1 aromatic carbocycles. The second-order valence-corrected chi connectivity index (χ2v) is 4.24. The average molecular weight is 265 g/mol. The van der Waals surface area contributed by atoms with Gasteiger partial charge in [-0.1, -0.05) is 11.3 Å². The third-order valence-electron chi connectivity index (χ3n) is 1.54. The Morgan fingerprint density at radius 1 is 1.46 bits per heavy atom. The Morgan fingerprint density at radius 2 is 2.15 bits per heavy atom. The highest BCUT2D eigenvalue weighted by atomic mass is 79.9. The lowest BCUT2D eigenvalue weighted by Gasteiger charge is -1.95. The van der Waals surface area contributed by atoms with Crippen LogP contribution < -0.4 is 5.73 Å². The van der Waals surface area contributed by atoms with Gasteiger partial charge in [0.1, 0.15) is 11.3 Å². The number of thiazole rings is 1. The quantitative estimate of drug-likeness (QED) is 0.744. The van der Waals surface area contributed by atoms with Crippen LogP contribution in [0.2, 0.25) is 0 Å². The lowest BCUT2D eigenvalue weighted by molar-refractivity contribution is 0.580. The van der Waals surface area contributed by atoms with Gasteiger partial charge in [-0.05, 0) is 22.0 Å². The number of benzene rings is 1. The van der Waals surface area contributed by atoms with Gasteiger partial charge in [0.05, 0.1) is 9.17 Å². The Bertz CT molecular complexity index is 483. The lowest BCUT2D eigenvalue weighted by Crippen LogP contribution is -1.86. The monoisotopic (exact) mass is 264 g/mol. The minimum atomic E-state index is -0.706. The van der Waals surface area contributed by atoms with Gasteiger partial charge in [0, 0.05) is 0 Å². The van der Waals surface area contributed by atoms with Crippen molar-refractivity contribution in [2.45, 2.75) is 0 Å². The molecule has 2 nitrogen and oxygen atoms in total.